The summed E-state index contributed by atoms with van der Waals surface area (Å²) in [6, 6.07) is 0. The Labute approximate surface area is 167 Å². The van der Waals surface area contributed by atoms with Gasteiger partial charge in [-0.2, -0.15) is 0 Å². The SMILES string of the molecule is C.C.C=CCCCCC.CC(=O)C(O)O.CCCCCC(=O)OCC(C)=O. The van der Waals surface area contributed by atoms with Crippen molar-refractivity contribution in [2.45, 2.75) is 100 Å². The van der Waals surface area contributed by atoms with Crippen LogP contribution in [0, 0.1) is 0 Å². The number of carbonyl (C=O) groups excluding carboxylic acids is 3. The van der Waals surface area contributed by atoms with Crippen LogP contribution in [-0.4, -0.2) is 40.6 Å². The van der Waals surface area contributed by atoms with Crippen molar-refractivity contribution in [3.05, 3.63) is 12.7 Å². The Morgan fingerprint density at radius 3 is 1.74 bits per heavy atom. The molecule has 0 aromatic rings. The summed E-state index contributed by atoms with van der Waals surface area (Å²) in [5.41, 5.74) is 0. The molecular weight excluding hydrogens is 348 g/mol. The second-order valence-corrected chi connectivity index (χ2v) is 5.59. The molecule has 6 nitrogen and oxygen atoms in total. The molecule has 0 fully saturated rings. The monoisotopic (exact) mass is 392 g/mol. The van der Waals surface area contributed by atoms with Crippen molar-refractivity contribution < 1.29 is 29.3 Å². The van der Waals surface area contributed by atoms with E-state index in [1.807, 2.05) is 6.08 Å². The zero-order chi connectivity index (χ0) is 20.1. The van der Waals surface area contributed by atoms with Gasteiger partial charge in [0, 0.05) is 6.42 Å². The second-order valence-electron chi connectivity index (χ2n) is 5.59. The molecule has 0 aromatic heterocycles. The normalized spacial score (nSPS) is 8.56. The molecule has 0 aromatic carbocycles. The number of allylic oxidation sites excluding steroid dienone is 1. The lowest BCUT2D eigenvalue weighted by atomic mass is 10.2. The number of unbranched alkanes of at least 4 members (excludes halogenated alkanes) is 5. The van der Waals surface area contributed by atoms with Crippen LogP contribution in [0.1, 0.15) is 93.9 Å². The minimum atomic E-state index is -1.79. The minimum absolute atomic E-state index is 0. The molecule has 0 rings (SSSR count). The zero-order valence-electron chi connectivity index (χ0n) is 16.3. The van der Waals surface area contributed by atoms with Crippen LogP contribution in [0.25, 0.3) is 0 Å². The number of aliphatic hydroxyl groups excluding tert-OH is 1. The molecular formula is C21H44O6. The molecule has 0 atom stereocenters. The van der Waals surface area contributed by atoms with Crippen molar-refractivity contribution in [2.24, 2.45) is 0 Å². The molecule has 6 heteroatoms. The van der Waals surface area contributed by atoms with Gasteiger partial charge in [-0.25, -0.2) is 0 Å². The summed E-state index contributed by atoms with van der Waals surface area (Å²) in [5.74, 6) is -1.01. The van der Waals surface area contributed by atoms with Gasteiger partial charge in [-0.15, -0.1) is 6.58 Å². The van der Waals surface area contributed by atoms with Gasteiger partial charge in [0.1, 0.15) is 6.61 Å². The van der Waals surface area contributed by atoms with Crippen LogP contribution in [0.5, 0.6) is 0 Å². The van der Waals surface area contributed by atoms with Crippen LogP contribution in [0.2, 0.25) is 0 Å². The summed E-state index contributed by atoms with van der Waals surface area (Å²) in [7, 11) is 0. The Morgan fingerprint density at radius 1 is 0.963 bits per heavy atom. The van der Waals surface area contributed by atoms with Crippen LogP contribution >= 0.6 is 0 Å². The van der Waals surface area contributed by atoms with E-state index in [2.05, 4.69) is 25.2 Å². The van der Waals surface area contributed by atoms with Gasteiger partial charge >= 0.3 is 5.97 Å². The fraction of sp³-hybridized carbons (Fsp3) is 0.762. The first-order valence-corrected chi connectivity index (χ1v) is 8.85. The van der Waals surface area contributed by atoms with Crippen molar-refractivity contribution >= 4 is 17.5 Å². The third kappa shape index (κ3) is 45.5. The van der Waals surface area contributed by atoms with E-state index in [0.717, 1.165) is 26.2 Å². The van der Waals surface area contributed by atoms with Gasteiger partial charge in [-0.1, -0.05) is 60.5 Å². The molecule has 27 heavy (non-hydrogen) atoms. The summed E-state index contributed by atoms with van der Waals surface area (Å²) < 4.78 is 4.66. The molecule has 0 bridgehead atoms. The van der Waals surface area contributed by atoms with Gasteiger partial charge in [0.15, 0.2) is 11.6 Å². The number of hydrogen-bond donors (Lipinski definition) is 2. The van der Waals surface area contributed by atoms with Gasteiger partial charge in [-0.05, 0) is 33.1 Å². The smallest absolute Gasteiger partial charge is 0.306 e. The average molecular weight is 393 g/mol. The van der Waals surface area contributed by atoms with E-state index in [1.54, 1.807) is 0 Å². The summed E-state index contributed by atoms with van der Waals surface area (Å²) in [4.78, 5) is 30.9. The molecule has 0 heterocycles. The molecule has 2 N–H and O–H groups in total. The summed E-state index contributed by atoms with van der Waals surface area (Å²) in [6.45, 7) is 10.3. The van der Waals surface area contributed by atoms with Crippen LogP contribution in [0.4, 0.5) is 0 Å². The topological polar surface area (TPSA) is 101 Å². The predicted octanol–water partition coefficient (Wildman–Crippen LogP) is 4.61. The Morgan fingerprint density at radius 2 is 1.41 bits per heavy atom. The highest BCUT2D eigenvalue weighted by Crippen LogP contribution is 2.00. The number of ether oxygens (including phenoxy) is 1. The Bertz CT molecular complexity index is 351. The number of esters is 1. The summed E-state index contributed by atoms with van der Waals surface area (Å²) >= 11 is 0. The van der Waals surface area contributed by atoms with Gasteiger partial charge in [-0.3, -0.25) is 14.4 Å². The van der Waals surface area contributed by atoms with Crippen LogP contribution < -0.4 is 0 Å². The standard InChI is InChI=1S/C9H16O3.C7H14.C3H6O3.2CH4/c1-3-4-5-6-9(11)12-7-8(2)10;1-3-5-7-6-4-2;1-2(4)3(5)6;;/h3-7H2,1-2H3;3H,1,4-7H2,2H3;3,5-6H,1H3;2*1H4. The van der Waals surface area contributed by atoms with Gasteiger partial charge in [0.25, 0.3) is 0 Å². The van der Waals surface area contributed by atoms with E-state index < -0.39 is 12.1 Å². The van der Waals surface area contributed by atoms with Gasteiger partial charge < -0.3 is 14.9 Å². The van der Waals surface area contributed by atoms with Crippen LogP contribution in [0.15, 0.2) is 12.7 Å². The molecule has 0 saturated carbocycles. The largest absolute Gasteiger partial charge is 0.458 e. The minimum Gasteiger partial charge on any atom is -0.458 e. The summed E-state index contributed by atoms with van der Waals surface area (Å²) in [5, 5.41) is 15.7. The molecule has 0 amide bonds. The molecule has 0 saturated heterocycles. The molecule has 0 spiro atoms. The Hall–Kier alpha value is -1.53. The average Bonchev–Trinajstić information content (AvgIpc) is 2.55. The fourth-order valence-electron chi connectivity index (χ4n) is 1.31. The zero-order valence-corrected chi connectivity index (χ0v) is 16.3. The van der Waals surface area contributed by atoms with Crippen molar-refractivity contribution in [1.82, 2.24) is 0 Å². The maximum absolute atomic E-state index is 10.8. The number of carbonyl (C=O) groups is 3. The molecule has 0 aliphatic carbocycles. The first-order chi connectivity index (χ1) is 11.7. The molecule has 0 aliphatic heterocycles. The van der Waals surface area contributed by atoms with Crippen molar-refractivity contribution in [3.63, 3.8) is 0 Å². The quantitative estimate of drug-likeness (QED) is 0.230. The van der Waals surface area contributed by atoms with E-state index in [0.29, 0.717) is 6.42 Å². The first-order valence-electron chi connectivity index (χ1n) is 8.85. The van der Waals surface area contributed by atoms with E-state index in [1.165, 1.54) is 32.6 Å². The molecule has 0 unspecified atom stereocenters. The van der Waals surface area contributed by atoms with Crippen molar-refractivity contribution in [3.8, 4) is 0 Å². The third-order valence-electron chi connectivity index (χ3n) is 2.80. The van der Waals surface area contributed by atoms with E-state index in [-0.39, 0.29) is 33.2 Å². The molecule has 0 aliphatic rings. The van der Waals surface area contributed by atoms with Crippen molar-refractivity contribution in [1.29, 1.82) is 0 Å². The lowest BCUT2D eigenvalue weighted by Gasteiger charge is -2.00. The lowest BCUT2D eigenvalue weighted by Crippen LogP contribution is -2.14. The number of aliphatic hydroxyl groups is 2. The van der Waals surface area contributed by atoms with Gasteiger partial charge in [0.2, 0.25) is 6.29 Å². The van der Waals surface area contributed by atoms with E-state index in [4.69, 9.17) is 10.2 Å². The molecule has 0 radical (unpaired) electrons. The number of ketones is 2. The first kappa shape index (κ1) is 36.4. The predicted molar refractivity (Wildman–Crippen MR) is 112 cm³/mol. The van der Waals surface area contributed by atoms with E-state index >= 15 is 0 Å². The molecule has 164 valence electrons. The Kier molecular flexibility index (Phi) is 39.4. The van der Waals surface area contributed by atoms with Crippen molar-refractivity contribution in [2.75, 3.05) is 6.61 Å². The highest BCUT2D eigenvalue weighted by atomic mass is 16.5. The lowest BCUT2D eigenvalue weighted by molar-refractivity contribution is -0.147. The number of rotatable bonds is 11. The highest BCUT2D eigenvalue weighted by Gasteiger charge is 2.02. The summed E-state index contributed by atoms with van der Waals surface area (Å²) in [6.07, 6.45) is 8.78. The maximum atomic E-state index is 10.8. The highest BCUT2D eigenvalue weighted by molar-refractivity contribution is 5.80. The van der Waals surface area contributed by atoms with Crippen LogP contribution in [-0.2, 0) is 19.1 Å². The number of Topliss-reactive ketones (excluding diaryl/α,β-unsaturated/α-hetero) is 2. The Balaban J connectivity index is -0.0000000932. The van der Waals surface area contributed by atoms with E-state index in [9.17, 15) is 14.4 Å². The number of hydrogen-bond acceptors (Lipinski definition) is 6. The maximum Gasteiger partial charge on any atom is 0.306 e. The fourth-order valence-corrected chi connectivity index (χ4v) is 1.31. The second kappa shape index (κ2) is 29.2. The van der Waals surface area contributed by atoms with Gasteiger partial charge in [0.05, 0.1) is 0 Å². The van der Waals surface area contributed by atoms with Crippen LogP contribution in [0.3, 0.4) is 0 Å². The third-order valence-corrected chi connectivity index (χ3v) is 2.80.